The molecule has 0 amide bonds. The van der Waals surface area contributed by atoms with Crippen LogP contribution in [0.5, 0.6) is 0 Å². The van der Waals surface area contributed by atoms with Gasteiger partial charge >= 0.3 is 0 Å². The van der Waals surface area contributed by atoms with Gasteiger partial charge in [-0.25, -0.2) is 0 Å². The largest absolute Gasteiger partial charge is 0.393 e. The number of hydrogen-bond acceptors (Lipinski definition) is 3. The van der Waals surface area contributed by atoms with E-state index in [0.717, 1.165) is 18.9 Å². The minimum absolute atomic E-state index is 0.0455. The van der Waals surface area contributed by atoms with E-state index in [9.17, 15) is 5.11 Å². The Morgan fingerprint density at radius 2 is 1.81 bits per heavy atom. The topological polar surface area (TPSA) is 26.7 Å². The Kier molecular flexibility index (Phi) is 4.22. The summed E-state index contributed by atoms with van der Waals surface area (Å²) >= 11 is 0. The van der Waals surface area contributed by atoms with E-state index in [2.05, 4.69) is 23.8 Å². The number of likely N-dealkylation sites (N-methyl/N-ethyl adjacent to an activating group) is 1. The predicted molar refractivity (Wildman–Crippen MR) is 66.4 cm³/mol. The highest BCUT2D eigenvalue weighted by Gasteiger charge is 2.29. The SMILES string of the molecule is CC1CCC(O)C(CN2CCN(C)CC2)C1. The van der Waals surface area contributed by atoms with Crippen LogP contribution in [0.15, 0.2) is 0 Å². The quantitative estimate of drug-likeness (QED) is 0.762. The Balaban J connectivity index is 1.79. The molecule has 3 nitrogen and oxygen atoms in total. The molecule has 0 aromatic rings. The van der Waals surface area contributed by atoms with E-state index in [4.69, 9.17) is 0 Å². The average Bonchev–Trinajstić information content (AvgIpc) is 2.27. The van der Waals surface area contributed by atoms with Crippen molar-refractivity contribution in [2.24, 2.45) is 11.8 Å². The minimum Gasteiger partial charge on any atom is -0.393 e. The summed E-state index contributed by atoms with van der Waals surface area (Å²) in [6.45, 7) is 8.14. The lowest BCUT2D eigenvalue weighted by Crippen LogP contribution is -2.48. The van der Waals surface area contributed by atoms with Gasteiger partial charge in [-0.15, -0.1) is 0 Å². The van der Waals surface area contributed by atoms with Crippen LogP contribution in [-0.4, -0.2) is 60.8 Å². The Bertz CT molecular complexity index is 214. The Hall–Kier alpha value is -0.120. The number of aliphatic hydroxyl groups excluding tert-OH is 1. The van der Waals surface area contributed by atoms with Crippen molar-refractivity contribution in [1.29, 1.82) is 0 Å². The summed E-state index contributed by atoms with van der Waals surface area (Å²) in [5.41, 5.74) is 0. The van der Waals surface area contributed by atoms with E-state index in [-0.39, 0.29) is 6.10 Å². The van der Waals surface area contributed by atoms with E-state index in [1.54, 1.807) is 0 Å². The van der Waals surface area contributed by atoms with Crippen molar-refractivity contribution in [2.45, 2.75) is 32.3 Å². The van der Waals surface area contributed by atoms with Gasteiger partial charge in [-0.3, -0.25) is 0 Å². The van der Waals surface area contributed by atoms with Gasteiger partial charge in [0.15, 0.2) is 0 Å². The zero-order valence-corrected chi connectivity index (χ0v) is 10.7. The van der Waals surface area contributed by atoms with Crippen molar-refractivity contribution >= 4 is 0 Å². The first-order chi connectivity index (χ1) is 7.65. The highest BCUT2D eigenvalue weighted by molar-refractivity contribution is 4.82. The fourth-order valence-corrected chi connectivity index (χ4v) is 3.04. The average molecular weight is 226 g/mol. The van der Waals surface area contributed by atoms with E-state index >= 15 is 0 Å². The molecule has 1 saturated heterocycles. The number of aliphatic hydroxyl groups is 1. The Morgan fingerprint density at radius 1 is 1.12 bits per heavy atom. The molecular formula is C13H26N2O. The van der Waals surface area contributed by atoms with E-state index in [0.29, 0.717) is 5.92 Å². The fourth-order valence-electron chi connectivity index (χ4n) is 3.04. The molecule has 2 fully saturated rings. The maximum atomic E-state index is 10.0. The van der Waals surface area contributed by atoms with Crippen LogP contribution in [0.4, 0.5) is 0 Å². The molecule has 0 aromatic heterocycles. The summed E-state index contributed by atoms with van der Waals surface area (Å²) in [6, 6.07) is 0. The summed E-state index contributed by atoms with van der Waals surface area (Å²) in [4.78, 5) is 4.92. The van der Waals surface area contributed by atoms with Gasteiger partial charge < -0.3 is 14.9 Å². The van der Waals surface area contributed by atoms with Crippen LogP contribution in [-0.2, 0) is 0 Å². The second-order valence-corrected chi connectivity index (χ2v) is 5.85. The number of piperazine rings is 1. The van der Waals surface area contributed by atoms with E-state index in [1.807, 2.05) is 0 Å². The monoisotopic (exact) mass is 226 g/mol. The van der Waals surface area contributed by atoms with Crippen molar-refractivity contribution in [2.75, 3.05) is 39.8 Å². The Labute approximate surface area is 99.4 Å². The molecule has 1 saturated carbocycles. The lowest BCUT2D eigenvalue weighted by Gasteiger charge is -2.38. The van der Waals surface area contributed by atoms with Crippen molar-refractivity contribution < 1.29 is 5.11 Å². The first kappa shape index (κ1) is 12.3. The minimum atomic E-state index is -0.0455. The molecular weight excluding hydrogens is 200 g/mol. The second-order valence-electron chi connectivity index (χ2n) is 5.85. The van der Waals surface area contributed by atoms with Gasteiger partial charge in [0.1, 0.15) is 0 Å². The van der Waals surface area contributed by atoms with Gasteiger partial charge in [-0.1, -0.05) is 6.92 Å². The van der Waals surface area contributed by atoms with Crippen molar-refractivity contribution in [3.8, 4) is 0 Å². The highest BCUT2D eigenvalue weighted by Crippen LogP contribution is 2.29. The molecule has 94 valence electrons. The van der Waals surface area contributed by atoms with E-state index in [1.165, 1.54) is 39.0 Å². The molecule has 0 aromatic carbocycles. The van der Waals surface area contributed by atoms with Crippen LogP contribution in [0.25, 0.3) is 0 Å². The highest BCUT2D eigenvalue weighted by atomic mass is 16.3. The standard InChI is InChI=1S/C13H26N2O/c1-11-3-4-13(16)12(9-11)10-15-7-5-14(2)6-8-15/h11-13,16H,3-10H2,1-2H3. The molecule has 3 heteroatoms. The van der Waals surface area contributed by atoms with Crippen LogP contribution in [0.2, 0.25) is 0 Å². The second kappa shape index (κ2) is 5.48. The number of nitrogens with zero attached hydrogens (tertiary/aromatic N) is 2. The molecule has 3 unspecified atom stereocenters. The van der Waals surface area contributed by atoms with Crippen LogP contribution >= 0.6 is 0 Å². The smallest absolute Gasteiger partial charge is 0.0580 e. The summed E-state index contributed by atoms with van der Waals surface area (Å²) in [6.07, 6.45) is 3.39. The molecule has 0 radical (unpaired) electrons. The maximum Gasteiger partial charge on any atom is 0.0580 e. The maximum absolute atomic E-state index is 10.0. The molecule has 16 heavy (non-hydrogen) atoms. The first-order valence-corrected chi connectivity index (χ1v) is 6.74. The molecule has 1 N–H and O–H groups in total. The molecule has 2 rings (SSSR count). The van der Waals surface area contributed by atoms with Gasteiger partial charge in [0.2, 0.25) is 0 Å². The summed E-state index contributed by atoms with van der Waals surface area (Å²) in [5, 5.41) is 10.0. The van der Waals surface area contributed by atoms with Crippen molar-refractivity contribution in [3.63, 3.8) is 0 Å². The lowest BCUT2D eigenvalue weighted by atomic mass is 9.80. The lowest BCUT2D eigenvalue weighted by molar-refractivity contribution is 0.0216. The fraction of sp³-hybridized carbons (Fsp3) is 1.00. The van der Waals surface area contributed by atoms with Gasteiger partial charge in [-0.05, 0) is 38.1 Å². The molecule has 1 aliphatic carbocycles. The third kappa shape index (κ3) is 3.19. The Morgan fingerprint density at radius 3 is 2.50 bits per heavy atom. The summed E-state index contributed by atoms with van der Waals surface area (Å²) < 4.78 is 0. The first-order valence-electron chi connectivity index (χ1n) is 6.74. The zero-order valence-electron chi connectivity index (χ0n) is 10.7. The normalized spacial score (nSPS) is 38.8. The molecule has 0 bridgehead atoms. The van der Waals surface area contributed by atoms with Crippen LogP contribution in [0, 0.1) is 11.8 Å². The van der Waals surface area contributed by atoms with Crippen LogP contribution in [0.1, 0.15) is 26.2 Å². The van der Waals surface area contributed by atoms with Crippen molar-refractivity contribution in [1.82, 2.24) is 9.80 Å². The van der Waals surface area contributed by atoms with Crippen LogP contribution in [0.3, 0.4) is 0 Å². The third-order valence-electron chi connectivity index (χ3n) is 4.29. The predicted octanol–water partition coefficient (Wildman–Crippen LogP) is 1.03. The van der Waals surface area contributed by atoms with E-state index < -0.39 is 0 Å². The van der Waals surface area contributed by atoms with Gasteiger partial charge in [0.05, 0.1) is 6.10 Å². The summed E-state index contributed by atoms with van der Waals surface area (Å²) in [7, 11) is 2.19. The molecule has 0 spiro atoms. The molecule has 3 atom stereocenters. The van der Waals surface area contributed by atoms with Crippen LogP contribution < -0.4 is 0 Å². The number of hydrogen-bond donors (Lipinski definition) is 1. The van der Waals surface area contributed by atoms with Crippen molar-refractivity contribution in [3.05, 3.63) is 0 Å². The number of rotatable bonds is 2. The molecule has 1 aliphatic heterocycles. The zero-order chi connectivity index (χ0) is 11.5. The summed E-state index contributed by atoms with van der Waals surface area (Å²) in [5.74, 6) is 1.33. The van der Waals surface area contributed by atoms with Gasteiger partial charge in [0, 0.05) is 32.7 Å². The van der Waals surface area contributed by atoms with Gasteiger partial charge in [0.25, 0.3) is 0 Å². The third-order valence-corrected chi connectivity index (χ3v) is 4.29. The molecule has 2 aliphatic rings. The molecule has 1 heterocycles. The van der Waals surface area contributed by atoms with Gasteiger partial charge in [-0.2, -0.15) is 0 Å².